The minimum Gasteiger partial charge on any atom is -0.495 e. The molecule has 4 aromatic rings. The summed E-state index contributed by atoms with van der Waals surface area (Å²) < 4.78 is 46.9. The SMILES string of the molecule is COc1ccccc1-n1ccn2c(SCc3cccc(C(F)(F)F)c3)nnc2c1=O. The van der Waals surface area contributed by atoms with Crippen LogP contribution in [0.15, 0.2) is 70.9 Å². The molecule has 0 aliphatic rings. The summed E-state index contributed by atoms with van der Waals surface area (Å²) in [6, 6.07) is 12.2. The molecule has 0 aliphatic carbocycles. The Hall–Kier alpha value is -3.27. The van der Waals surface area contributed by atoms with Crippen LogP contribution in [-0.4, -0.2) is 26.3 Å². The molecule has 0 fully saturated rings. The third-order valence-electron chi connectivity index (χ3n) is 4.41. The Kier molecular flexibility index (Phi) is 5.25. The Morgan fingerprint density at radius 1 is 1.07 bits per heavy atom. The van der Waals surface area contributed by atoms with E-state index in [1.807, 2.05) is 0 Å². The number of hydrogen-bond acceptors (Lipinski definition) is 5. The van der Waals surface area contributed by atoms with E-state index >= 15 is 0 Å². The van der Waals surface area contributed by atoms with Gasteiger partial charge in [-0.05, 0) is 23.8 Å². The number of fused-ring (bicyclic) bond motifs is 1. The van der Waals surface area contributed by atoms with Crippen molar-refractivity contribution >= 4 is 17.4 Å². The summed E-state index contributed by atoms with van der Waals surface area (Å²) in [5.41, 5.74) is 0.0735. The van der Waals surface area contributed by atoms with E-state index in [0.717, 1.165) is 12.1 Å². The van der Waals surface area contributed by atoms with Gasteiger partial charge >= 0.3 is 11.7 Å². The molecular formula is C20H15F3N4O2S. The molecule has 0 bridgehead atoms. The van der Waals surface area contributed by atoms with E-state index in [0.29, 0.717) is 22.2 Å². The molecule has 0 radical (unpaired) electrons. The Labute approximate surface area is 172 Å². The van der Waals surface area contributed by atoms with E-state index in [-0.39, 0.29) is 17.0 Å². The fraction of sp³-hybridized carbons (Fsp3) is 0.150. The van der Waals surface area contributed by atoms with Gasteiger partial charge in [0.05, 0.1) is 18.4 Å². The first kappa shape index (κ1) is 20.0. The summed E-state index contributed by atoms with van der Waals surface area (Å²) in [5.74, 6) is 0.780. The van der Waals surface area contributed by atoms with Gasteiger partial charge in [-0.15, -0.1) is 10.2 Å². The number of methoxy groups -OCH3 is 1. The fourth-order valence-electron chi connectivity index (χ4n) is 2.97. The van der Waals surface area contributed by atoms with Gasteiger partial charge in [0.2, 0.25) is 5.65 Å². The highest BCUT2D eigenvalue weighted by atomic mass is 32.2. The van der Waals surface area contributed by atoms with Crippen LogP contribution >= 0.6 is 11.8 Å². The van der Waals surface area contributed by atoms with E-state index in [4.69, 9.17) is 4.74 Å². The molecule has 2 aromatic carbocycles. The van der Waals surface area contributed by atoms with Crippen molar-refractivity contribution in [1.29, 1.82) is 0 Å². The van der Waals surface area contributed by atoms with E-state index in [9.17, 15) is 18.0 Å². The van der Waals surface area contributed by atoms with Crippen LogP contribution in [0.25, 0.3) is 11.3 Å². The maximum atomic E-state index is 12.9. The number of ether oxygens (including phenoxy) is 1. The molecule has 0 atom stereocenters. The van der Waals surface area contributed by atoms with Crippen molar-refractivity contribution in [1.82, 2.24) is 19.2 Å². The van der Waals surface area contributed by atoms with Crippen molar-refractivity contribution in [3.63, 3.8) is 0 Å². The average Bonchev–Trinajstić information content (AvgIpc) is 3.16. The van der Waals surface area contributed by atoms with Crippen molar-refractivity contribution < 1.29 is 17.9 Å². The molecule has 0 amide bonds. The van der Waals surface area contributed by atoms with Gasteiger partial charge in [0.1, 0.15) is 5.75 Å². The Morgan fingerprint density at radius 2 is 1.87 bits per heavy atom. The number of benzene rings is 2. The molecule has 30 heavy (non-hydrogen) atoms. The third kappa shape index (κ3) is 3.78. The second kappa shape index (κ2) is 7.86. The first-order valence-corrected chi connectivity index (χ1v) is 9.76. The van der Waals surface area contributed by atoms with Crippen LogP contribution in [-0.2, 0) is 11.9 Å². The van der Waals surface area contributed by atoms with Gasteiger partial charge in [-0.1, -0.05) is 42.1 Å². The number of para-hydroxylation sites is 2. The average molecular weight is 432 g/mol. The number of halogens is 3. The molecule has 2 heterocycles. The van der Waals surface area contributed by atoms with Crippen molar-refractivity contribution in [2.24, 2.45) is 0 Å². The molecule has 0 saturated carbocycles. The minimum atomic E-state index is -4.40. The molecule has 0 unspecified atom stereocenters. The lowest BCUT2D eigenvalue weighted by molar-refractivity contribution is -0.137. The highest BCUT2D eigenvalue weighted by Gasteiger charge is 2.30. The summed E-state index contributed by atoms with van der Waals surface area (Å²) in [5, 5.41) is 8.40. The van der Waals surface area contributed by atoms with Crippen LogP contribution in [0.4, 0.5) is 13.2 Å². The zero-order valence-corrected chi connectivity index (χ0v) is 16.4. The van der Waals surface area contributed by atoms with Gasteiger partial charge in [0.15, 0.2) is 5.16 Å². The molecule has 6 nitrogen and oxygen atoms in total. The van der Waals surface area contributed by atoms with E-state index < -0.39 is 11.7 Å². The summed E-state index contributed by atoms with van der Waals surface area (Å²) in [6.45, 7) is 0. The Bertz CT molecular complexity index is 1270. The van der Waals surface area contributed by atoms with E-state index in [1.54, 1.807) is 42.7 Å². The van der Waals surface area contributed by atoms with Crippen LogP contribution in [0, 0.1) is 0 Å². The predicted octanol–water partition coefficient (Wildman–Crippen LogP) is 4.20. The summed E-state index contributed by atoms with van der Waals surface area (Å²) in [7, 11) is 1.52. The molecule has 0 saturated heterocycles. The molecule has 10 heteroatoms. The third-order valence-corrected chi connectivity index (χ3v) is 5.42. The second-order valence-electron chi connectivity index (χ2n) is 6.31. The molecule has 2 aromatic heterocycles. The quantitative estimate of drug-likeness (QED) is 0.443. The van der Waals surface area contributed by atoms with Gasteiger partial charge in [-0.25, -0.2) is 0 Å². The van der Waals surface area contributed by atoms with Crippen molar-refractivity contribution in [2.45, 2.75) is 17.1 Å². The number of rotatable bonds is 5. The summed E-state index contributed by atoms with van der Waals surface area (Å²) in [6.07, 6.45) is -1.19. The normalized spacial score (nSPS) is 11.7. The van der Waals surface area contributed by atoms with Crippen molar-refractivity contribution in [2.75, 3.05) is 7.11 Å². The van der Waals surface area contributed by atoms with Gasteiger partial charge in [-0.3, -0.25) is 13.8 Å². The molecule has 0 spiro atoms. The van der Waals surface area contributed by atoms with Crippen LogP contribution in [0.1, 0.15) is 11.1 Å². The Morgan fingerprint density at radius 3 is 2.63 bits per heavy atom. The summed E-state index contributed by atoms with van der Waals surface area (Å²) in [4.78, 5) is 12.9. The molecule has 0 aliphatic heterocycles. The predicted molar refractivity (Wildman–Crippen MR) is 106 cm³/mol. The number of aromatic nitrogens is 4. The smallest absolute Gasteiger partial charge is 0.416 e. The van der Waals surface area contributed by atoms with Gasteiger partial charge in [-0.2, -0.15) is 13.2 Å². The first-order valence-electron chi connectivity index (χ1n) is 8.77. The second-order valence-corrected chi connectivity index (χ2v) is 7.25. The van der Waals surface area contributed by atoms with Crippen LogP contribution in [0.2, 0.25) is 0 Å². The largest absolute Gasteiger partial charge is 0.495 e. The molecule has 4 rings (SSSR count). The molecule has 154 valence electrons. The number of thioether (sulfide) groups is 1. The lowest BCUT2D eigenvalue weighted by Crippen LogP contribution is -2.20. The zero-order chi connectivity index (χ0) is 21.3. The number of hydrogen-bond donors (Lipinski definition) is 0. The van der Waals surface area contributed by atoms with E-state index in [2.05, 4.69) is 10.2 Å². The zero-order valence-electron chi connectivity index (χ0n) is 15.6. The van der Waals surface area contributed by atoms with Crippen LogP contribution in [0.5, 0.6) is 5.75 Å². The van der Waals surface area contributed by atoms with Crippen LogP contribution in [0.3, 0.4) is 0 Å². The lowest BCUT2D eigenvalue weighted by atomic mass is 10.1. The Balaban J connectivity index is 1.63. The standard InChI is InChI=1S/C20H15F3N4O2S/c1-29-16-8-3-2-7-15(16)26-9-10-27-17(18(26)28)24-25-19(27)30-12-13-5-4-6-14(11-13)20(21,22)23/h2-11H,12H2,1H3. The highest BCUT2D eigenvalue weighted by molar-refractivity contribution is 7.98. The topological polar surface area (TPSA) is 61.4 Å². The monoisotopic (exact) mass is 432 g/mol. The lowest BCUT2D eigenvalue weighted by Gasteiger charge is -2.10. The highest BCUT2D eigenvalue weighted by Crippen LogP contribution is 2.31. The molecule has 0 N–H and O–H groups in total. The summed E-state index contributed by atoms with van der Waals surface area (Å²) >= 11 is 1.20. The first-order chi connectivity index (χ1) is 14.4. The minimum absolute atomic E-state index is 0.106. The van der Waals surface area contributed by atoms with Gasteiger partial charge in [0, 0.05) is 18.1 Å². The molecular weight excluding hydrogens is 417 g/mol. The maximum absolute atomic E-state index is 12.9. The van der Waals surface area contributed by atoms with Crippen molar-refractivity contribution in [3.8, 4) is 11.4 Å². The maximum Gasteiger partial charge on any atom is 0.416 e. The van der Waals surface area contributed by atoms with E-state index in [1.165, 1.54) is 33.9 Å². The van der Waals surface area contributed by atoms with Crippen molar-refractivity contribution in [3.05, 3.63) is 82.4 Å². The number of alkyl halides is 3. The van der Waals surface area contributed by atoms with Gasteiger partial charge in [0.25, 0.3) is 0 Å². The number of nitrogens with zero attached hydrogens (tertiary/aromatic N) is 4. The fourth-order valence-corrected chi connectivity index (χ4v) is 3.83. The van der Waals surface area contributed by atoms with Crippen LogP contribution < -0.4 is 10.3 Å². The van der Waals surface area contributed by atoms with Gasteiger partial charge < -0.3 is 4.74 Å².